The van der Waals surface area contributed by atoms with Crippen molar-refractivity contribution in [1.82, 2.24) is 14.7 Å². The van der Waals surface area contributed by atoms with Gasteiger partial charge in [-0.2, -0.15) is 5.10 Å². The van der Waals surface area contributed by atoms with Crippen molar-refractivity contribution >= 4 is 22.8 Å². The highest BCUT2D eigenvalue weighted by atomic mass is 16.4. The number of carboxylic acids is 1. The number of likely N-dealkylation sites (tertiary alicyclic amines) is 1. The van der Waals surface area contributed by atoms with Crippen molar-refractivity contribution in [2.24, 2.45) is 18.9 Å². The van der Waals surface area contributed by atoms with Gasteiger partial charge in [0.25, 0.3) is 5.91 Å². The number of para-hydroxylation sites is 1. The zero-order valence-corrected chi connectivity index (χ0v) is 12.0. The standard InChI is InChI=1S/C15H17N3O3/c1-9(15(20)21)10-7-18(8-10)14(19)13-11-5-3-4-6-12(11)17(2)16-13/h3-6,9-10H,7-8H2,1-2H3,(H,20,21). The van der Waals surface area contributed by atoms with Gasteiger partial charge in [-0.15, -0.1) is 0 Å². The molecule has 0 aliphatic carbocycles. The summed E-state index contributed by atoms with van der Waals surface area (Å²) in [4.78, 5) is 25.1. The van der Waals surface area contributed by atoms with E-state index in [-0.39, 0.29) is 11.8 Å². The highest BCUT2D eigenvalue weighted by Gasteiger charge is 2.38. The smallest absolute Gasteiger partial charge is 0.306 e. The molecule has 0 saturated carbocycles. The molecule has 21 heavy (non-hydrogen) atoms. The molecule has 1 N–H and O–H groups in total. The second-order valence-corrected chi connectivity index (χ2v) is 5.59. The lowest BCUT2D eigenvalue weighted by atomic mass is 9.87. The number of fused-ring (bicyclic) bond motifs is 1. The van der Waals surface area contributed by atoms with E-state index in [9.17, 15) is 9.59 Å². The number of hydrogen-bond donors (Lipinski definition) is 1. The van der Waals surface area contributed by atoms with Crippen LogP contribution in [0.1, 0.15) is 17.4 Å². The van der Waals surface area contributed by atoms with Crippen LogP contribution in [0.2, 0.25) is 0 Å². The third-order valence-corrected chi connectivity index (χ3v) is 4.25. The number of nitrogens with zero attached hydrogens (tertiary/aromatic N) is 3. The van der Waals surface area contributed by atoms with Gasteiger partial charge in [0.15, 0.2) is 5.69 Å². The summed E-state index contributed by atoms with van der Waals surface area (Å²) in [6.07, 6.45) is 0. The quantitative estimate of drug-likeness (QED) is 0.925. The number of carbonyl (C=O) groups excluding carboxylic acids is 1. The Morgan fingerprint density at radius 2 is 2.00 bits per heavy atom. The average molecular weight is 287 g/mol. The van der Waals surface area contributed by atoms with Crippen LogP contribution in [0.15, 0.2) is 24.3 Å². The number of amides is 1. The van der Waals surface area contributed by atoms with E-state index in [2.05, 4.69) is 5.10 Å². The number of rotatable bonds is 3. The first kappa shape index (κ1) is 13.6. The predicted molar refractivity (Wildman–Crippen MR) is 76.9 cm³/mol. The predicted octanol–water partition coefficient (Wildman–Crippen LogP) is 1.37. The summed E-state index contributed by atoms with van der Waals surface area (Å²) >= 11 is 0. The van der Waals surface area contributed by atoms with Crippen molar-refractivity contribution in [3.8, 4) is 0 Å². The molecule has 1 saturated heterocycles. The van der Waals surface area contributed by atoms with Gasteiger partial charge in [-0.3, -0.25) is 14.3 Å². The largest absolute Gasteiger partial charge is 0.481 e. The maximum Gasteiger partial charge on any atom is 0.306 e. The van der Waals surface area contributed by atoms with Crippen LogP contribution in [-0.2, 0) is 11.8 Å². The highest BCUT2D eigenvalue weighted by Crippen LogP contribution is 2.27. The summed E-state index contributed by atoms with van der Waals surface area (Å²) in [5, 5.41) is 14.1. The molecule has 1 amide bonds. The molecule has 0 spiro atoms. The van der Waals surface area contributed by atoms with Crippen molar-refractivity contribution in [3.05, 3.63) is 30.0 Å². The number of aryl methyl sites for hydroxylation is 1. The van der Waals surface area contributed by atoms with Gasteiger partial charge in [-0.05, 0) is 6.07 Å². The lowest BCUT2D eigenvalue weighted by Gasteiger charge is -2.40. The molecule has 1 aliphatic rings. The van der Waals surface area contributed by atoms with E-state index in [1.54, 1.807) is 16.5 Å². The number of aliphatic carboxylic acids is 1. The first-order valence-electron chi connectivity index (χ1n) is 6.93. The lowest BCUT2D eigenvalue weighted by molar-refractivity contribution is -0.144. The van der Waals surface area contributed by atoms with Crippen molar-refractivity contribution in [1.29, 1.82) is 0 Å². The Morgan fingerprint density at radius 3 is 2.67 bits per heavy atom. The molecule has 1 aromatic heterocycles. The SMILES string of the molecule is CC(C(=O)O)C1CN(C(=O)c2nn(C)c3ccccc23)C1. The number of aromatic nitrogens is 2. The Morgan fingerprint density at radius 1 is 1.33 bits per heavy atom. The fraction of sp³-hybridized carbons (Fsp3) is 0.400. The minimum Gasteiger partial charge on any atom is -0.481 e. The zero-order chi connectivity index (χ0) is 15.1. The lowest BCUT2D eigenvalue weighted by Crippen LogP contribution is -2.53. The number of hydrogen-bond acceptors (Lipinski definition) is 3. The summed E-state index contributed by atoms with van der Waals surface area (Å²) in [5.74, 6) is -1.33. The first-order valence-corrected chi connectivity index (χ1v) is 6.93. The van der Waals surface area contributed by atoms with Crippen molar-refractivity contribution < 1.29 is 14.7 Å². The first-order chi connectivity index (χ1) is 9.99. The van der Waals surface area contributed by atoms with E-state index in [1.807, 2.05) is 31.3 Å². The monoisotopic (exact) mass is 287 g/mol. The summed E-state index contributed by atoms with van der Waals surface area (Å²) in [6, 6.07) is 7.59. The molecule has 0 radical (unpaired) electrons. The van der Waals surface area contributed by atoms with Crippen LogP contribution in [0, 0.1) is 11.8 Å². The van der Waals surface area contributed by atoms with Gasteiger partial charge in [0, 0.05) is 31.4 Å². The van der Waals surface area contributed by atoms with E-state index < -0.39 is 11.9 Å². The molecule has 1 atom stereocenters. The van der Waals surface area contributed by atoms with Crippen LogP contribution in [-0.4, -0.2) is 44.8 Å². The highest BCUT2D eigenvalue weighted by molar-refractivity contribution is 6.05. The van der Waals surface area contributed by atoms with E-state index in [1.165, 1.54) is 0 Å². The van der Waals surface area contributed by atoms with Gasteiger partial charge < -0.3 is 10.0 Å². The molecule has 1 aromatic carbocycles. The van der Waals surface area contributed by atoms with Gasteiger partial charge in [-0.1, -0.05) is 25.1 Å². The van der Waals surface area contributed by atoms with Crippen molar-refractivity contribution in [2.75, 3.05) is 13.1 Å². The summed E-state index contributed by atoms with van der Waals surface area (Å²) < 4.78 is 1.69. The second-order valence-electron chi connectivity index (χ2n) is 5.59. The van der Waals surface area contributed by atoms with Gasteiger partial charge in [0.2, 0.25) is 0 Å². The third-order valence-electron chi connectivity index (χ3n) is 4.25. The van der Waals surface area contributed by atoms with Crippen LogP contribution in [0.5, 0.6) is 0 Å². The summed E-state index contributed by atoms with van der Waals surface area (Å²) in [6.45, 7) is 2.65. The molecule has 0 bridgehead atoms. The molecular formula is C15H17N3O3. The number of benzene rings is 1. The Bertz CT molecular complexity index is 716. The van der Waals surface area contributed by atoms with Crippen LogP contribution >= 0.6 is 0 Å². The minimum absolute atomic E-state index is 0.0291. The van der Waals surface area contributed by atoms with Gasteiger partial charge >= 0.3 is 5.97 Å². The molecule has 6 heteroatoms. The number of carbonyl (C=O) groups is 2. The summed E-state index contributed by atoms with van der Waals surface area (Å²) in [7, 11) is 1.81. The Labute approximate surface area is 122 Å². The molecule has 2 aromatic rings. The van der Waals surface area contributed by atoms with Crippen LogP contribution in [0.25, 0.3) is 10.9 Å². The topological polar surface area (TPSA) is 75.4 Å². The molecule has 1 aliphatic heterocycles. The maximum atomic E-state index is 12.5. The van der Waals surface area contributed by atoms with Gasteiger partial charge in [0.05, 0.1) is 11.4 Å². The summed E-state index contributed by atoms with van der Waals surface area (Å²) in [5.41, 5.74) is 1.35. The average Bonchev–Trinajstić information content (AvgIpc) is 2.75. The van der Waals surface area contributed by atoms with E-state index in [4.69, 9.17) is 5.11 Å². The Hall–Kier alpha value is -2.37. The van der Waals surface area contributed by atoms with E-state index in [0.717, 1.165) is 10.9 Å². The molecule has 2 heterocycles. The molecular weight excluding hydrogens is 270 g/mol. The third kappa shape index (κ3) is 2.16. The normalized spacial score (nSPS) is 16.8. The Kier molecular flexibility index (Phi) is 3.16. The van der Waals surface area contributed by atoms with Gasteiger partial charge in [0.1, 0.15) is 0 Å². The maximum absolute atomic E-state index is 12.5. The number of carboxylic acid groups (broad SMARTS) is 1. The van der Waals surface area contributed by atoms with Crippen molar-refractivity contribution in [3.63, 3.8) is 0 Å². The molecule has 1 fully saturated rings. The second kappa shape index (κ2) is 4.87. The fourth-order valence-electron chi connectivity index (χ4n) is 2.72. The van der Waals surface area contributed by atoms with Gasteiger partial charge in [-0.25, -0.2) is 0 Å². The molecule has 1 unspecified atom stereocenters. The zero-order valence-electron chi connectivity index (χ0n) is 12.0. The molecule has 6 nitrogen and oxygen atoms in total. The van der Waals surface area contributed by atoms with Crippen LogP contribution < -0.4 is 0 Å². The molecule has 110 valence electrons. The van der Waals surface area contributed by atoms with Crippen molar-refractivity contribution in [2.45, 2.75) is 6.92 Å². The fourth-order valence-corrected chi connectivity index (χ4v) is 2.72. The Balaban J connectivity index is 1.79. The van der Waals surface area contributed by atoms with E-state index >= 15 is 0 Å². The van der Waals surface area contributed by atoms with Crippen LogP contribution in [0.4, 0.5) is 0 Å². The minimum atomic E-state index is -0.810. The molecule has 3 rings (SSSR count). The van der Waals surface area contributed by atoms with Crippen LogP contribution in [0.3, 0.4) is 0 Å². The van der Waals surface area contributed by atoms with E-state index in [0.29, 0.717) is 18.8 Å².